The zero-order valence-corrected chi connectivity index (χ0v) is 10.3. The highest BCUT2D eigenvalue weighted by molar-refractivity contribution is 5.66. The molecule has 0 unspecified atom stereocenters. The van der Waals surface area contributed by atoms with Gasteiger partial charge in [0.2, 0.25) is 0 Å². The molecule has 0 aromatic carbocycles. The van der Waals surface area contributed by atoms with Gasteiger partial charge in [0.05, 0.1) is 5.60 Å². The highest BCUT2D eigenvalue weighted by atomic mass is 16.4. The van der Waals surface area contributed by atoms with Gasteiger partial charge in [0.25, 0.3) is 0 Å². The highest BCUT2D eigenvalue weighted by Gasteiger charge is 2.29. The summed E-state index contributed by atoms with van der Waals surface area (Å²) in [5.74, 6) is -0.0500. The molecule has 0 aliphatic heterocycles. The maximum Gasteiger partial charge on any atom is 0.303 e. The van der Waals surface area contributed by atoms with Gasteiger partial charge >= 0.3 is 5.97 Å². The van der Waals surface area contributed by atoms with E-state index in [1.165, 1.54) is 0 Å². The Morgan fingerprint density at radius 1 is 1.13 bits per heavy atom. The zero-order valence-electron chi connectivity index (χ0n) is 10.3. The van der Waals surface area contributed by atoms with Gasteiger partial charge in [-0.25, -0.2) is 0 Å². The fourth-order valence-electron chi connectivity index (χ4n) is 2.15. The van der Waals surface area contributed by atoms with Crippen molar-refractivity contribution in [2.75, 3.05) is 0 Å². The lowest BCUT2D eigenvalue weighted by atomic mass is 9.82. The second-order valence-corrected chi connectivity index (χ2v) is 5.31. The molecule has 0 bridgehead atoms. The average Bonchev–Trinajstić information content (AvgIpc) is 1.97. The number of rotatable bonds is 7. The van der Waals surface area contributed by atoms with E-state index < -0.39 is 11.6 Å². The summed E-state index contributed by atoms with van der Waals surface area (Å²) in [7, 11) is 0. The van der Waals surface area contributed by atoms with Gasteiger partial charge in [0, 0.05) is 6.42 Å². The highest BCUT2D eigenvalue weighted by Crippen LogP contribution is 2.29. The fourth-order valence-corrected chi connectivity index (χ4v) is 2.15. The van der Waals surface area contributed by atoms with Crippen molar-refractivity contribution < 1.29 is 15.0 Å². The molecule has 0 fully saturated rings. The number of carboxylic acid groups (broad SMARTS) is 1. The Labute approximate surface area is 92.5 Å². The molecule has 0 saturated heterocycles. The van der Waals surface area contributed by atoms with Crippen LogP contribution >= 0.6 is 0 Å². The molecule has 0 spiro atoms. The van der Waals surface area contributed by atoms with Crippen LogP contribution in [0.4, 0.5) is 0 Å². The molecular weight excluding hydrogens is 192 g/mol. The largest absolute Gasteiger partial charge is 0.481 e. The third-order valence-corrected chi connectivity index (χ3v) is 2.38. The number of hydrogen-bond acceptors (Lipinski definition) is 2. The van der Waals surface area contributed by atoms with E-state index in [1.807, 2.05) is 27.7 Å². The van der Waals surface area contributed by atoms with Crippen LogP contribution in [0.25, 0.3) is 0 Å². The lowest BCUT2D eigenvalue weighted by Crippen LogP contribution is -2.33. The molecule has 15 heavy (non-hydrogen) atoms. The van der Waals surface area contributed by atoms with Crippen LogP contribution in [-0.2, 0) is 4.79 Å². The lowest BCUT2D eigenvalue weighted by molar-refractivity contribution is -0.139. The maximum absolute atomic E-state index is 10.5. The molecule has 0 aliphatic rings. The predicted molar refractivity (Wildman–Crippen MR) is 60.7 cm³/mol. The number of aliphatic carboxylic acids is 1. The molecular formula is C12H24O3. The third-order valence-electron chi connectivity index (χ3n) is 2.38. The Morgan fingerprint density at radius 3 is 1.80 bits per heavy atom. The van der Waals surface area contributed by atoms with Gasteiger partial charge in [-0.05, 0) is 31.1 Å². The van der Waals surface area contributed by atoms with E-state index in [2.05, 4.69) is 0 Å². The summed E-state index contributed by atoms with van der Waals surface area (Å²) in [6.07, 6.45) is 1.77. The second-order valence-electron chi connectivity index (χ2n) is 5.31. The van der Waals surface area contributed by atoms with Crippen LogP contribution in [0, 0.1) is 11.8 Å². The molecule has 0 radical (unpaired) electrons. The van der Waals surface area contributed by atoms with Crippen molar-refractivity contribution in [3.05, 3.63) is 0 Å². The van der Waals surface area contributed by atoms with E-state index in [9.17, 15) is 9.90 Å². The molecule has 0 rings (SSSR count). The quantitative estimate of drug-likeness (QED) is 0.688. The zero-order chi connectivity index (χ0) is 12.1. The van der Waals surface area contributed by atoms with Crippen LogP contribution in [-0.4, -0.2) is 21.8 Å². The van der Waals surface area contributed by atoms with Crippen LogP contribution in [0.1, 0.15) is 53.4 Å². The number of aliphatic hydroxyl groups is 1. The summed E-state index contributed by atoms with van der Waals surface area (Å²) in [4.78, 5) is 10.5. The van der Waals surface area contributed by atoms with E-state index >= 15 is 0 Å². The van der Waals surface area contributed by atoms with Gasteiger partial charge in [0.1, 0.15) is 0 Å². The molecule has 0 atom stereocenters. The minimum absolute atomic E-state index is 0.0515. The molecule has 3 nitrogen and oxygen atoms in total. The summed E-state index contributed by atoms with van der Waals surface area (Å²) in [6, 6.07) is 0. The molecule has 0 aliphatic carbocycles. The van der Waals surface area contributed by atoms with Gasteiger partial charge in [-0.1, -0.05) is 27.7 Å². The van der Waals surface area contributed by atoms with Gasteiger partial charge in [0.15, 0.2) is 0 Å². The minimum atomic E-state index is -0.832. The Hall–Kier alpha value is -0.570. The first-order chi connectivity index (χ1) is 6.75. The Bertz CT molecular complexity index is 187. The van der Waals surface area contributed by atoms with E-state index in [-0.39, 0.29) is 6.42 Å². The second kappa shape index (κ2) is 6.11. The standard InChI is InChI=1S/C12H24O3/c1-9(2)7-12(15,8-10(3)4)6-5-11(13)14/h9-10,15H,5-8H2,1-4H3,(H,13,14). The number of hydrogen-bond donors (Lipinski definition) is 2. The molecule has 90 valence electrons. The molecule has 0 saturated carbocycles. The first-order valence-corrected chi connectivity index (χ1v) is 5.69. The van der Waals surface area contributed by atoms with Crippen molar-refractivity contribution in [1.29, 1.82) is 0 Å². The first-order valence-electron chi connectivity index (χ1n) is 5.69. The van der Waals surface area contributed by atoms with Gasteiger partial charge in [-0.15, -0.1) is 0 Å². The van der Waals surface area contributed by atoms with Crippen LogP contribution in [0.2, 0.25) is 0 Å². The van der Waals surface area contributed by atoms with Crippen LogP contribution in [0.5, 0.6) is 0 Å². The summed E-state index contributed by atoms with van der Waals surface area (Å²) in [6.45, 7) is 8.19. The first kappa shape index (κ1) is 14.4. The van der Waals surface area contributed by atoms with Crippen LogP contribution < -0.4 is 0 Å². The van der Waals surface area contributed by atoms with Gasteiger partial charge in [-0.2, -0.15) is 0 Å². The normalized spacial score (nSPS) is 12.5. The molecule has 0 aromatic heterocycles. The van der Waals surface area contributed by atoms with Crippen molar-refractivity contribution in [2.24, 2.45) is 11.8 Å². The maximum atomic E-state index is 10.5. The fraction of sp³-hybridized carbons (Fsp3) is 0.917. The Balaban J connectivity index is 4.32. The van der Waals surface area contributed by atoms with E-state index in [1.54, 1.807) is 0 Å². The van der Waals surface area contributed by atoms with Crippen molar-refractivity contribution in [2.45, 2.75) is 59.0 Å². The summed E-state index contributed by atoms with van der Waals surface area (Å²) >= 11 is 0. The van der Waals surface area contributed by atoms with Crippen LogP contribution in [0.3, 0.4) is 0 Å². The smallest absolute Gasteiger partial charge is 0.303 e. The molecule has 0 amide bonds. The summed E-state index contributed by atoms with van der Waals surface area (Å²) in [5.41, 5.74) is -0.805. The molecule has 3 heteroatoms. The van der Waals surface area contributed by atoms with Crippen molar-refractivity contribution >= 4 is 5.97 Å². The predicted octanol–water partition coefficient (Wildman–Crippen LogP) is 2.67. The van der Waals surface area contributed by atoms with Crippen molar-refractivity contribution in [3.8, 4) is 0 Å². The summed E-state index contributed by atoms with van der Waals surface area (Å²) in [5, 5.41) is 19.0. The minimum Gasteiger partial charge on any atom is -0.481 e. The van der Waals surface area contributed by atoms with E-state index in [4.69, 9.17) is 5.11 Å². The van der Waals surface area contributed by atoms with E-state index in [0.717, 1.165) is 0 Å². The summed E-state index contributed by atoms with van der Waals surface area (Å²) < 4.78 is 0. The van der Waals surface area contributed by atoms with E-state index in [0.29, 0.717) is 31.1 Å². The van der Waals surface area contributed by atoms with Gasteiger partial charge < -0.3 is 10.2 Å². The third kappa shape index (κ3) is 7.37. The lowest BCUT2D eigenvalue weighted by Gasteiger charge is -2.31. The average molecular weight is 216 g/mol. The SMILES string of the molecule is CC(C)CC(O)(CCC(=O)O)CC(C)C. The molecule has 2 N–H and O–H groups in total. The topological polar surface area (TPSA) is 57.5 Å². The monoisotopic (exact) mass is 216 g/mol. The van der Waals surface area contributed by atoms with Crippen LogP contribution in [0.15, 0.2) is 0 Å². The number of carboxylic acids is 1. The Kier molecular flexibility index (Phi) is 5.88. The van der Waals surface area contributed by atoms with Crippen molar-refractivity contribution in [1.82, 2.24) is 0 Å². The Morgan fingerprint density at radius 2 is 1.53 bits per heavy atom. The number of carbonyl (C=O) groups is 1. The molecule has 0 aromatic rings. The molecule has 0 heterocycles. The van der Waals surface area contributed by atoms with Crippen molar-refractivity contribution in [3.63, 3.8) is 0 Å². The van der Waals surface area contributed by atoms with Gasteiger partial charge in [-0.3, -0.25) is 4.79 Å².